The molecular formula is C10H14N2. The van der Waals surface area contributed by atoms with Crippen LogP contribution in [-0.2, 0) is 0 Å². The van der Waals surface area contributed by atoms with Crippen LogP contribution in [0.25, 0.3) is 5.57 Å². The van der Waals surface area contributed by atoms with Crippen LogP contribution in [0.1, 0.15) is 18.1 Å². The Morgan fingerprint density at radius 2 is 2.17 bits per heavy atom. The smallest absolute Gasteiger partial charge is 0.0602 e. The van der Waals surface area contributed by atoms with E-state index in [9.17, 15) is 0 Å². The highest BCUT2D eigenvalue weighted by atomic mass is 14.8. The van der Waals surface area contributed by atoms with Crippen LogP contribution in [0.2, 0.25) is 0 Å². The topological polar surface area (TPSA) is 24.9 Å². The van der Waals surface area contributed by atoms with Crippen molar-refractivity contribution in [2.45, 2.75) is 13.8 Å². The van der Waals surface area contributed by atoms with E-state index in [1.807, 2.05) is 33.3 Å². The molecule has 1 aromatic rings. The van der Waals surface area contributed by atoms with Crippen LogP contribution in [0.5, 0.6) is 0 Å². The molecule has 0 saturated carbocycles. The minimum Gasteiger partial charge on any atom is -0.386 e. The molecule has 1 N–H and O–H groups in total. The lowest BCUT2D eigenvalue weighted by molar-refractivity contribution is 1.24. The summed E-state index contributed by atoms with van der Waals surface area (Å²) in [5, 5.41) is 3.09. The van der Waals surface area contributed by atoms with Crippen LogP contribution < -0.4 is 5.32 Å². The molecule has 0 radical (unpaired) electrons. The molecule has 0 amide bonds. The lowest BCUT2D eigenvalue weighted by Gasteiger charge is -2.10. The molecule has 0 spiro atoms. The maximum absolute atomic E-state index is 4.09. The van der Waals surface area contributed by atoms with Gasteiger partial charge in [0.2, 0.25) is 0 Å². The van der Waals surface area contributed by atoms with Crippen LogP contribution in [0, 0.1) is 6.92 Å². The molecular weight excluding hydrogens is 148 g/mol. The van der Waals surface area contributed by atoms with E-state index in [0.717, 1.165) is 16.8 Å². The zero-order chi connectivity index (χ0) is 9.14. The van der Waals surface area contributed by atoms with E-state index in [-0.39, 0.29) is 0 Å². The molecule has 0 aromatic carbocycles. The summed E-state index contributed by atoms with van der Waals surface area (Å²) in [4.78, 5) is 4.09. The Labute approximate surface area is 73.3 Å². The highest BCUT2D eigenvalue weighted by molar-refractivity contribution is 5.75. The van der Waals surface area contributed by atoms with Crippen LogP contribution in [0.3, 0.4) is 0 Å². The summed E-state index contributed by atoms with van der Waals surface area (Å²) in [6.07, 6.45) is 3.67. The number of nitrogens with zero attached hydrogens (tertiary/aromatic N) is 1. The van der Waals surface area contributed by atoms with Gasteiger partial charge >= 0.3 is 0 Å². The highest BCUT2D eigenvalue weighted by Gasteiger charge is 2.04. The van der Waals surface area contributed by atoms with E-state index in [4.69, 9.17) is 0 Å². The third-order valence-electron chi connectivity index (χ3n) is 1.83. The normalized spacial score (nSPS) is 9.58. The summed E-state index contributed by atoms with van der Waals surface area (Å²) in [6, 6.07) is 0. The zero-order valence-corrected chi connectivity index (χ0v) is 7.81. The third-order valence-corrected chi connectivity index (χ3v) is 1.83. The standard InChI is InChI=1S/C10H14N2/c1-7(2)10-8(3)5-12-6-9(10)11-4/h5-6,11H,1H2,2-4H3. The first kappa shape index (κ1) is 8.78. The van der Waals surface area contributed by atoms with E-state index in [0.29, 0.717) is 0 Å². The Hall–Kier alpha value is -1.31. The van der Waals surface area contributed by atoms with Gasteiger partial charge < -0.3 is 5.32 Å². The monoisotopic (exact) mass is 162 g/mol. The van der Waals surface area contributed by atoms with Gasteiger partial charge in [0, 0.05) is 18.8 Å². The second kappa shape index (κ2) is 3.39. The average molecular weight is 162 g/mol. The summed E-state index contributed by atoms with van der Waals surface area (Å²) < 4.78 is 0. The molecule has 0 bridgehead atoms. The quantitative estimate of drug-likeness (QED) is 0.722. The van der Waals surface area contributed by atoms with Gasteiger partial charge in [0.05, 0.1) is 11.9 Å². The van der Waals surface area contributed by atoms with Gasteiger partial charge in [-0.25, -0.2) is 0 Å². The number of nitrogens with one attached hydrogen (secondary N) is 1. The minimum atomic E-state index is 1.04. The van der Waals surface area contributed by atoms with Crippen molar-refractivity contribution in [3.63, 3.8) is 0 Å². The first-order valence-corrected chi connectivity index (χ1v) is 3.95. The van der Waals surface area contributed by atoms with E-state index in [2.05, 4.69) is 16.9 Å². The highest BCUT2D eigenvalue weighted by Crippen LogP contribution is 2.23. The molecule has 1 aromatic heterocycles. The number of hydrogen-bond acceptors (Lipinski definition) is 2. The molecule has 12 heavy (non-hydrogen) atoms. The van der Waals surface area contributed by atoms with Gasteiger partial charge in [0.1, 0.15) is 0 Å². The van der Waals surface area contributed by atoms with Crippen molar-refractivity contribution in [1.82, 2.24) is 4.98 Å². The molecule has 1 rings (SSSR count). The molecule has 2 nitrogen and oxygen atoms in total. The number of hydrogen-bond donors (Lipinski definition) is 1. The number of aromatic nitrogens is 1. The predicted molar refractivity (Wildman–Crippen MR) is 53.2 cm³/mol. The summed E-state index contributed by atoms with van der Waals surface area (Å²) >= 11 is 0. The van der Waals surface area contributed by atoms with E-state index in [1.54, 1.807) is 0 Å². The Bertz CT molecular complexity index is 303. The van der Waals surface area contributed by atoms with Crippen molar-refractivity contribution in [3.8, 4) is 0 Å². The van der Waals surface area contributed by atoms with Gasteiger partial charge in [-0.1, -0.05) is 6.58 Å². The molecule has 0 aliphatic rings. The summed E-state index contributed by atoms with van der Waals surface area (Å²) in [5.74, 6) is 0. The zero-order valence-electron chi connectivity index (χ0n) is 7.81. The van der Waals surface area contributed by atoms with Crippen LogP contribution in [0.15, 0.2) is 19.0 Å². The molecule has 0 aliphatic heterocycles. The SMILES string of the molecule is C=C(C)c1c(C)cncc1NC. The van der Waals surface area contributed by atoms with Crippen LogP contribution >= 0.6 is 0 Å². The van der Waals surface area contributed by atoms with Crippen molar-refractivity contribution in [2.75, 3.05) is 12.4 Å². The van der Waals surface area contributed by atoms with Gasteiger partial charge in [-0.05, 0) is 25.0 Å². The largest absolute Gasteiger partial charge is 0.386 e. The first-order valence-electron chi connectivity index (χ1n) is 3.95. The van der Waals surface area contributed by atoms with Crippen LogP contribution in [-0.4, -0.2) is 12.0 Å². The van der Waals surface area contributed by atoms with Gasteiger partial charge in [0.15, 0.2) is 0 Å². The number of pyridine rings is 1. The summed E-state index contributed by atoms with van der Waals surface area (Å²) in [7, 11) is 1.89. The second-order valence-corrected chi connectivity index (χ2v) is 2.91. The number of rotatable bonds is 2. The van der Waals surface area contributed by atoms with Crippen molar-refractivity contribution >= 4 is 11.3 Å². The first-order chi connectivity index (χ1) is 5.66. The van der Waals surface area contributed by atoms with Crippen molar-refractivity contribution in [1.29, 1.82) is 0 Å². The lowest BCUT2D eigenvalue weighted by Crippen LogP contribution is -1.97. The van der Waals surface area contributed by atoms with E-state index in [1.165, 1.54) is 5.56 Å². The predicted octanol–water partition coefficient (Wildman–Crippen LogP) is 2.46. The van der Waals surface area contributed by atoms with Crippen molar-refractivity contribution in [2.24, 2.45) is 0 Å². The van der Waals surface area contributed by atoms with E-state index < -0.39 is 0 Å². The maximum Gasteiger partial charge on any atom is 0.0602 e. The van der Waals surface area contributed by atoms with Crippen LogP contribution in [0.4, 0.5) is 5.69 Å². The van der Waals surface area contributed by atoms with Crippen molar-refractivity contribution < 1.29 is 0 Å². The van der Waals surface area contributed by atoms with E-state index >= 15 is 0 Å². The van der Waals surface area contributed by atoms with Gasteiger partial charge in [-0.3, -0.25) is 4.98 Å². The minimum absolute atomic E-state index is 1.04. The molecule has 2 heteroatoms. The fourth-order valence-electron chi connectivity index (χ4n) is 1.32. The Balaban J connectivity index is 3.29. The molecule has 64 valence electrons. The van der Waals surface area contributed by atoms with Gasteiger partial charge in [-0.15, -0.1) is 0 Å². The summed E-state index contributed by atoms with van der Waals surface area (Å²) in [5.41, 5.74) is 4.45. The fourth-order valence-corrected chi connectivity index (χ4v) is 1.32. The van der Waals surface area contributed by atoms with Gasteiger partial charge in [0.25, 0.3) is 0 Å². The Kier molecular flexibility index (Phi) is 2.48. The molecule has 0 unspecified atom stereocenters. The molecule has 1 heterocycles. The third kappa shape index (κ3) is 1.47. The lowest BCUT2D eigenvalue weighted by atomic mass is 10.0. The molecule has 0 aliphatic carbocycles. The van der Waals surface area contributed by atoms with Crippen molar-refractivity contribution in [3.05, 3.63) is 30.1 Å². The number of anilines is 1. The molecule has 0 saturated heterocycles. The molecule has 0 atom stereocenters. The van der Waals surface area contributed by atoms with Gasteiger partial charge in [-0.2, -0.15) is 0 Å². The Morgan fingerprint density at radius 1 is 1.50 bits per heavy atom. The summed E-state index contributed by atoms with van der Waals surface area (Å²) in [6.45, 7) is 7.97. The fraction of sp³-hybridized carbons (Fsp3) is 0.300. The number of allylic oxidation sites excluding steroid dienone is 1. The number of aryl methyl sites for hydroxylation is 1. The average Bonchev–Trinajstić information content (AvgIpc) is 2.03. The maximum atomic E-state index is 4.09. The molecule has 0 fully saturated rings. The Morgan fingerprint density at radius 3 is 2.58 bits per heavy atom. The second-order valence-electron chi connectivity index (χ2n) is 2.91.